The van der Waals surface area contributed by atoms with Gasteiger partial charge in [-0.05, 0) is 31.9 Å². The van der Waals surface area contributed by atoms with Crippen molar-refractivity contribution >= 4 is 16.0 Å². The third-order valence-corrected chi connectivity index (χ3v) is 6.03. The van der Waals surface area contributed by atoms with Gasteiger partial charge in [-0.15, -0.1) is 0 Å². The number of aromatic nitrogens is 1. The highest BCUT2D eigenvalue weighted by Crippen LogP contribution is 2.34. The van der Waals surface area contributed by atoms with Crippen LogP contribution >= 0.6 is 0 Å². The van der Waals surface area contributed by atoms with E-state index in [1.165, 1.54) is 6.20 Å². The predicted molar refractivity (Wildman–Crippen MR) is 83.7 cm³/mol. The van der Waals surface area contributed by atoms with Gasteiger partial charge >= 0.3 is 12.1 Å². The van der Waals surface area contributed by atoms with Crippen molar-refractivity contribution in [1.82, 2.24) is 9.29 Å². The van der Waals surface area contributed by atoms with Crippen molar-refractivity contribution in [1.29, 1.82) is 0 Å². The summed E-state index contributed by atoms with van der Waals surface area (Å²) in [6, 6.07) is 3.25. The van der Waals surface area contributed by atoms with Crippen LogP contribution in [-0.4, -0.2) is 60.3 Å². The van der Waals surface area contributed by atoms with E-state index in [-0.39, 0.29) is 17.1 Å². The molecule has 0 amide bonds. The number of fused-ring (bicyclic) bond motifs is 1. The van der Waals surface area contributed by atoms with Crippen LogP contribution in [0.1, 0.15) is 19.8 Å². The molecule has 3 atom stereocenters. The van der Waals surface area contributed by atoms with Gasteiger partial charge in [0.25, 0.3) is 0 Å². The molecule has 2 fully saturated rings. The molecule has 1 N–H and O–H groups in total. The lowest BCUT2D eigenvalue weighted by atomic mass is 9.94. The standard InChI is InChI=1S/C13H18N2O3S.C2HF3O2/c1-10-7-11-9-15(6-4-13(11)18-10)19(16,17)12-3-2-5-14-8-12;3-2(4,5)1(6)7/h2-3,5,8,10-11,13H,4,6-7,9H2,1H3;(H,6,7)/t10-,11-,13+;/m0./s1. The summed E-state index contributed by atoms with van der Waals surface area (Å²) in [6.45, 7) is 3.15. The van der Waals surface area contributed by atoms with Gasteiger partial charge < -0.3 is 9.84 Å². The summed E-state index contributed by atoms with van der Waals surface area (Å²) in [5, 5.41) is 7.12. The Morgan fingerprint density at radius 3 is 2.62 bits per heavy atom. The van der Waals surface area contributed by atoms with Gasteiger partial charge in [-0.3, -0.25) is 4.98 Å². The summed E-state index contributed by atoms with van der Waals surface area (Å²) < 4.78 is 64.1. The second kappa shape index (κ2) is 7.89. The summed E-state index contributed by atoms with van der Waals surface area (Å²) in [5.74, 6) is -2.43. The lowest BCUT2D eigenvalue weighted by Crippen LogP contribution is -2.44. The molecule has 0 radical (unpaired) electrons. The number of piperidine rings is 1. The fourth-order valence-corrected chi connectivity index (χ4v) is 4.51. The molecule has 3 heterocycles. The van der Waals surface area contributed by atoms with E-state index < -0.39 is 22.2 Å². The minimum atomic E-state index is -5.08. The molecule has 1 aromatic heterocycles. The maximum Gasteiger partial charge on any atom is 0.490 e. The Labute approximate surface area is 148 Å². The normalized spacial score (nSPS) is 26.5. The Morgan fingerprint density at radius 1 is 1.42 bits per heavy atom. The number of carboxylic acid groups (broad SMARTS) is 1. The number of sulfonamides is 1. The number of carbonyl (C=O) groups is 1. The second-order valence-electron chi connectivity index (χ2n) is 6.12. The van der Waals surface area contributed by atoms with Gasteiger partial charge in [-0.1, -0.05) is 0 Å². The molecule has 26 heavy (non-hydrogen) atoms. The molecule has 0 aliphatic carbocycles. The Morgan fingerprint density at radius 2 is 2.08 bits per heavy atom. The van der Waals surface area contributed by atoms with Crippen LogP contribution in [-0.2, 0) is 19.6 Å². The second-order valence-corrected chi connectivity index (χ2v) is 8.06. The lowest BCUT2D eigenvalue weighted by Gasteiger charge is -2.33. The van der Waals surface area contributed by atoms with E-state index in [1.54, 1.807) is 22.6 Å². The molecule has 0 aromatic carbocycles. The van der Waals surface area contributed by atoms with Gasteiger partial charge in [0.05, 0.1) is 12.2 Å². The third kappa shape index (κ3) is 4.92. The molecule has 0 bridgehead atoms. The van der Waals surface area contributed by atoms with Gasteiger partial charge in [0.1, 0.15) is 4.90 Å². The summed E-state index contributed by atoms with van der Waals surface area (Å²) in [6.07, 6.45) is 0.122. The molecule has 146 valence electrons. The zero-order chi connectivity index (χ0) is 19.5. The van der Waals surface area contributed by atoms with Crippen molar-refractivity contribution in [3.63, 3.8) is 0 Å². The van der Waals surface area contributed by atoms with Crippen LogP contribution < -0.4 is 0 Å². The summed E-state index contributed by atoms with van der Waals surface area (Å²) in [4.78, 5) is 13.1. The average Bonchev–Trinajstić information content (AvgIpc) is 2.94. The van der Waals surface area contributed by atoms with E-state index in [0.717, 1.165) is 12.8 Å². The number of hydrogen-bond donors (Lipinski definition) is 1. The first-order valence-corrected chi connectivity index (χ1v) is 9.31. The average molecular weight is 396 g/mol. The molecule has 0 spiro atoms. The molecule has 0 saturated carbocycles. The van der Waals surface area contributed by atoms with E-state index in [1.807, 2.05) is 0 Å². The summed E-state index contributed by atoms with van der Waals surface area (Å²) >= 11 is 0. The minimum absolute atomic E-state index is 0.232. The van der Waals surface area contributed by atoms with Crippen molar-refractivity contribution in [2.45, 2.75) is 43.0 Å². The van der Waals surface area contributed by atoms with Crippen LogP contribution in [0.3, 0.4) is 0 Å². The molecule has 1 aromatic rings. The minimum Gasteiger partial charge on any atom is -0.475 e. The Hall–Kier alpha value is -1.72. The summed E-state index contributed by atoms with van der Waals surface area (Å²) in [5.41, 5.74) is 0. The molecule has 2 aliphatic heterocycles. The molecule has 11 heteroatoms. The van der Waals surface area contributed by atoms with E-state index in [0.29, 0.717) is 19.0 Å². The van der Waals surface area contributed by atoms with Gasteiger partial charge in [0.2, 0.25) is 10.0 Å². The fourth-order valence-electron chi connectivity index (χ4n) is 3.03. The first-order chi connectivity index (χ1) is 12.0. The first kappa shape index (κ1) is 20.6. The maximum absolute atomic E-state index is 12.5. The van der Waals surface area contributed by atoms with Crippen molar-refractivity contribution in [3.8, 4) is 0 Å². The highest BCUT2D eigenvalue weighted by atomic mass is 32.2. The van der Waals surface area contributed by atoms with Crippen LogP contribution in [0.25, 0.3) is 0 Å². The number of hydrogen-bond acceptors (Lipinski definition) is 5. The third-order valence-electron chi connectivity index (χ3n) is 4.18. The van der Waals surface area contributed by atoms with Crippen LogP contribution in [0, 0.1) is 5.92 Å². The number of rotatable bonds is 2. The van der Waals surface area contributed by atoms with Crippen LogP contribution in [0.2, 0.25) is 0 Å². The van der Waals surface area contributed by atoms with E-state index >= 15 is 0 Å². The molecular formula is C15H19F3N2O5S. The van der Waals surface area contributed by atoms with Gasteiger partial charge in [-0.25, -0.2) is 13.2 Å². The topological polar surface area (TPSA) is 96.8 Å². The monoisotopic (exact) mass is 396 g/mol. The van der Waals surface area contributed by atoms with Gasteiger partial charge in [-0.2, -0.15) is 17.5 Å². The van der Waals surface area contributed by atoms with Crippen molar-refractivity contribution in [2.24, 2.45) is 5.92 Å². The van der Waals surface area contributed by atoms with Crippen LogP contribution in [0.4, 0.5) is 13.2 Å². The number of ether oxygens (including phenoxy) is 1. The summed E-state index contributed by atoms with van der Waals surface area (Å²) in [7, 11) is -3.40. The fraction of sp³-hybridized carbons (Fsp3) is 0.600. The predicted octanol–water partition coefficient (Wildman–Crippen LogP) is 1.90. The highest BCUT2D eigenvalue weighted by molar-refractivity contribution is 7.89. The molecule has 0 unspecified atom stereocenters. The van der Waals surface area contributed by atoms with Crippen molar-refractivity contribution in [3.05, 3.63) is 24.5 Å². The number of alkyl halides is 3. The number of carboxylic acids is 1. The molecule has 2 saturated heterocycles. The number of nitrogens with zero attached hydrogens (tertiary/aromatic N) is 2. The Balaban J connectivity index is 0.000000298. The van der Waals surface area contributed by atoms with Gasteiger partial charge in [0.15, 0.2) is 0 Å². The molecule has 2 aliphatic rings. The van der Waals surface area contributed by atoms with Gasteiger partial charge in [0, 0.05) is 31.4 Å². The Bertz CT molecular complexity index is 727. The van der Waals surface area contributed by atoms with Crippen molar-refractivity contribution in [2.75, 3.05) is 13.1 Å². The number of aliphatic carboxylic acids is 1. The quantitative estimate of drug-likeness (QED) is 0.820. The zero-order valence-electron chi connectivity index (χ0n) is 13.9. The van der Waals surface area contributed by atoms with E-state index in [2.05, 4.69) is 11.9 Å². The van der Waals surface area contributed by atoms with E-state index in [9.17, 15) is 21.6 Å². The number of halogens is 3. The van der Waals surface area contributed by atoms with Crippen LogP contribution in [0.15, 0.2) is 29.4 Å². The SMILES string of the molecule is C[C@H]1C[C@H]2CN(S(=O)(=O)c3cccnc3)CC[C@H]2O1.O=C(O)C(F)(F)F. The van der Waals surface area contributed by atoms with E-state index in [4.69, 9.17) is 14.6 Å². The highest BCUT2D eigenvalue weighted by Gasteiger charge is 2.41. The van der Waals surface area contributed by atoms with Crippen LogP contribution in [0.5, 0.6) is 0 Å². The Kier molecular flexibility index (Phi) is 6.25. The maximum atomic E-state index is 12.5. The van der Waals surface area contributed by atoms with Crippen molar-refractivity contribution < 1.29 is 36.2 Å². The molecule has 3 rings (SSSR count). The zero-order valence-corrected chi connectivity index (χ0v) is 14.7. The smallest absolute Gasteiger partial charge is 0.475 e. The largest absolute Gasteiger partial charge is 0.490 e. The molecule has 7 nitrogen and oxygen atoms in total. The lowest BCUT2D eigenvalue weighted by molar-refractivity contribution is -0.192. The number of pyridine rings is 1. The molecular weight excluding hydrogens is 377 g/mol. The first-order valence-electron chi connectivity index (χ1n) is 7.87.